The van der Waals surface area contributed by atoms with Crippen molar-refractivity contribution in [1.29, 1.82) is 0 Å². The predicted octanol–water partition coefficient (Wildman–Crippen LogP) is 2.48. The standard InChI is InChI=1S/C24H33N3O6/c1-4-30-22(28)20-19(15-27-11-9-24(10-12-27)31-13-14-32-24)25-23(29)26-21(20)17-5-7-18(8-6-17)33-16(2)3/h5-8,16,21H,4,9-15H2,1-3H3,(H2,25,26,29)/t21-/m0/s1. The lowest BCUT2D eigenvalue weighted by atomic mass is 9.94. The minimum atomic E-state index is -0.612. The number of piperidine rings is 1. The number of benzene rings is 1. The molecule has 33 heavy (non-hydrogen) atoms. The molecule has 2 fully saturated rings. The van der Waals surface area contributed by atoms with E-state index < -0.39 is 17.8 Å². The molecule has 2 amide bonds. The third kappa shape index (κ3) is 5.48. The molecule has 3 aliphatic heterocycles. The molecular formula is C24H33N3O6. The van der Waals surface area contributed by atoms with Gasteiger partial charge in [-0.2, -0.15) is 0 Å². The number of rotatable bonds is 7. The molecule has 1 aromatic rings. The second kappa shape index (κ2) is 10.1. The molecule has 2 saturated heterocycles. The van der Waals surface area contributed by atoms with E-state index in [0.29, 0.717) is 31.0 Å². The smallest absolute Gasteiger partial charge is 0.338 e. The van der Waals surface area contributed by atoms with Gasteiger partial charge in [-0.1, -0.05) is 12.1 Å². The van der Waals surface area contributed by atoms with Gasteiger partial charge in [-0.15, -0.1) is 0 Å². The lowest BCUT2D eigenvalue weighted by Crippen LogP contribution is -2.51. The molecule has 0 radical (unpaired) electrons. The lowest BCUT2D eigenvalue weighted by molar-refractivity contribution is -0.184. The zero-order valence-electron chi connectivity index (χ0n) is 19.5. The maximum Gasteiger partial charge on any atom is 0.338 e. The van der Waals surface area contributed by atoms with E-state index in [-0.39, 0.29) is 18.7 Å². The molecule has 0 unspecified atom stereocenters. The van der Waals surface area contributed by atoms with Gasteiger partial charge in [0.2, 0.25) is 0 Å². The van der Waals surface area contributed by atoms with E-state index >= 15 is 0 Å². The molecule has 2 N–H and O–H groups in total. The van der Waals surface area contributed by atoms with Crippen LogP contribution in [-0.4, -0.2) is 68.2 Å². The number of hydrogen-bond acceptors (Lipinski definition) is 7. The maximum absolute atomic E-state index is 13.0. The van der Waals surface area contributed by atoms with Crippen LogP contribution in [0.1, 0.15) is 45.2 Å². The van der Waals surface area contributed by atoms with Crippen LogP contribution in [0.3, 0.4) is 0 Å². The van der Waals surface area contributed by atoms with Crippen LogP contribution in [0.25, 0.3) is 0 Å². The average Bonchev–Trinajstić information content (AvgIpc) is 3.23. The van der Waals surface area contributed by atoms with Crippen molar-refractivity contribution in [3.05, 3.63) is 41.1 Å². The summed E-state index contributed by atoms with van der Waals surface area (Å²) in [7, 11) is 0. The van der Waals surface area contributed by atoms with Gasteiger partial charge in [0.15, 0.2) is 5.79 Å². The molecule has 9 nitrogen and oxygen atoms in total. The van der Waals surface area contributed by atoms with Crippen LogP contribution in [0, 0.1) is 0 Å². The number of carbonyl (C=O) groups is 2. The van der Waals surface area contributed by atoms with Gasteiger partial charge in [0.1, 0.15) is 5.75 Å². The van der Waals surface area contributed by atoms with Gasteiger partial charge in [-0.25, -0.2) is 9.59 Å². The van der Waals surface area contributed by atoms with Crippen molar-refractivity contribution in [1.82, 2.24) is 15.5 Å². The molecule has 0 saturated carbocycles. The fourth-order valence-electron chi connectivity index (χ4n) is 4.51. The first-order chi connectivity index (χ1) is 15.9. The van der Waals surface area contributed by atoms with Gasteiger partial charge in [0.25, 0.3) is 0 Å². The Morgan fingerprint density at radius 3 is 2.45 bits per heavy atom. The van der Waals surface area contributed by atoms with Crippen molar-refractivity contribution in [2.24, 2.45) is 0 Å². The van der Waals surface area contributed by atoms with E-state index in [4.69, 9.17) is 18.9 Å². The minimum absolute atomic E-state index is 0.0553. The normalized spacial score (nSPS) is 22.9. The number of nitrogens with one attached hydrogen (secondary N) is 2. The fourth-order valence-corrected chi connectivity index (χ4v) is 4.51. The molecular weight excluding hydrogens is 426 g/mol. The van der Waals surface area contributed by atoms with Gasteiger partial charge in [0, 0.05) is 38.2 Å². The fraction of sp³-hybridized carbons (Fsp3) is 0.583. The highest BCUT2D eigenvalue weighted by Crippen LogP contribution is 2.33. The monoisotopic (exact) mass is 459 g/mol. The van der Waals surface area contributed by atoms with Gasteiger partial charge < -0.3 is 29.6 Å². The number of esters is 1. The Labute approximate surface area is 194 Å². The summed E-state index contributed by atoms with van der Waals surface area (Å²) in [5.74, 6) is -0.188. The summed E-state index contributed by atoms with van der Waals surface area (Å²) in [5, 5.41) is 5.73. The van der Waals surface area contributed by atoms with E-state index in [1.54, 1.807) is 6.92 Å². The van der Waals surface area contributed by atoms with Crippen LogP contribution >= 0.6 is 0 Å². The quantitative estimate of drug-likeness (QED) is 0.605. The summed E-state index contributed by atoms with van der Waals surface area (Å²) >= 11 is 0. The number of amides is 2. The van der Waals surface area contributed by atoms with Crippen molar-refractivity contribution in [3.8, 4) is 5.75 Å². The number of urea groups is 1. The van der Waals surface area contributed by atoms with Crippen LogP contribution in [0.15, 0.2) is 35.5 Å². The summed E-state index contributed by atoms with van der Waals surface area (Å²) in [6, 6.07) is 6.46. The second-order valence-corrected chi connectivity index (χ2v) is 8.76. The van der Waals surface area contributed by atoms with Gasteiger partial charge in [-0.05, 0) is 38.5 Å². The van der Waals surface area contributed by atoms with Crippen molar-refractivity contribution in [3.63, 3.8) is 0 Å². The van der Waals surface area contributed by atoms with E-state index in [2.05, 4.69) is 15.5 Å². The largest absolute Gasteiger partial charge is 0.491 e. The molecule has 1 aromatic carbocycles. The van der Waals surface area contributed by atoms with Crippen LogP contribution in [0.2, 0.25) is 0 Å². The van der Waals surface area contributed by atoms with E-state index in [9.17, 15) is 9.59 Å². The number of likely N-dealkylation sites (tertiary alicyclic amines) is 1. The number of ether oxygens (including phenoxy) is 4. The zero-order chi connectivity index (χ0) is 23.4. The third-order valence-electron chi connectivity index (χ3n) is 6.05. The Balaban J connectivity index is 1.57. The Morgan fingerprint density at radius 2 is 1.85 bits per heavy atom. The summed E-state index contributed by atoms with van der Waals surface area (Å²) in [4.78, 5) is 27.8. The predicted molar refractivity (Wildman–Crippen MR) is 121 cm³/mol. The molecule has 0 bridgehead atoms. The van der Waals surface area contributed by atoms with Crippen LogP contribution in [0.4, 0.5) is 4.79 Å². The highest BCUT2D eigenvalue weighted by atomic mass is 16.7. The molecule has 0 aliphatic carbocycles. The van der Waals surface area contributed by atoms with E-state index in [1.807, 2.05) is 38.1 Å². The van der Waals surface area contributed by atoms with Crippen LogP contribution in [0.5, 0.6) is 5.75 Å². The van der Waals surface area contributed by atoms with Gasteiger partial charge >= 0.3 is 12.0 Å². The molecule has 1 atom stereocenters. The maximum atomic E-state index is 13.0. The average molecular weight is 460 g/mol. The topological polar surface area (TPSA) is 98.4 Å². The zero-order valence-corrected chi connectivity index (χ0v) is 19.5. The summed E-state index contributed by atoms with van der Waals surface area (Å²) in [6.07, 6.45) is 1.56. The SMILES string of the molecule is CCOC(=O)C1=C(CN2CCC3(CC2)OCCO3)NC(=O)N[C@H]1c1ccc(OC(C)C)cc1. The molecule has 9 heteroatoms. The van der Waals surface area contributed by atoms with Crippen molar-refractivity contribution < 1.29 is 28.5 Å². The van der Waals surface area contributed by atoms with Crippen LogP contribution in [-0.2, 0) is 19.0 Å². The van der Waals surface area contributed by atoms with E-state index in [1.165, 1.54) is 0 Å². The van der Waals surface area contributed by atoms with Crippen molar-refractivity contribution in [2.75, 3.05) is 39.5 Å². The van der Waals surface area contributed by atoms with Gasteiger partial charge in [0.05, 0.1) is 37.5 Å². The highest BCUT2D eigenvalue weighted by Gasteiger charge is 2.41. The Hall–Kier alpha value is -2.62. The summed E-state index contributed by atoms with van der Waals surface area (Å²) in [6.45, 7) is 9.12. The first-order valence-corrected chi connectivity index (χ1v) is 11.6. The molecule has 3 heterocycles. The van der Waals surface area contributed by atoms with Crippen molar-refractivity contribution >= 4 is 12.0 Å². The Bertz CT molecular complexity index is 882. The van der Waals surface area contributed by atoms with Crippen molar-refractivity contribution in [2.45, 2.75) is 51.5 Å². The Morgan fingerprint density at radius 1 is 1.18 bits per heavy atom. The molecule has 0 aromatic heterocycles. The molecule has 4 rings (SSSR count). The number of hydrogen-bond donors (Lipinski definition) is 2. The van der Waals surface area contributed by atoms with E-state index in [0.717, 1.165) is 37.2 Å². The number of carbonyl (C=O) groups excluding carboxylic acids is 2. The first kappa shape index (κ1) is 23.5. The highest BCUT2D eigenvalue weighted by molar-refractivity contribution is 5.95. The first-order valence-electron chi connectivity index (χ1n) is 11.6. The summed E-state index contributed by atoms with van der Waals surface area (Å²) in [5.41, 5.74) is 1.77. The second-order valence-electron chi connectivity index (χ2n) is 8.76. The third-order valence-corrected chi connectivity index (χ3v) is 6.05. The Kier molecular flexibility index (Phi) is 7.21. The molecule has 180 valence electrons. The minimum Gasteiger partial charge on any atom is -0.491 e. The van der Waals surface area contributed by atoms with Crippen LogP contribution < -0.4 is 15.4 Å². The lowest BCUT2D eigenvalue weighted by Gasteiger charge is -2.39. The number of nitrogens with zero attached hydrogens (tertiary/aromatic N) is 1. The van der Waals surface area contributed by atoms with Gasteiger partial charge in [-0.3, -0.25) is 4.90 Å². The molecule has 3 aliphatic rings. The molecule has 1 spiro atoms. The summed E-state index contributed by atoms with van der Waals surface area (Å²) < 4.78 is 22.7.